The third kappa shape index (κ3) is 3.74. The average molecular weight is 369 g/mol. The van der Waals surface area contributed by atoms with Crippen LogP contribution in [0.25, 0.3) is 11.4 Å². The van der Waals surface area contributed by atoms with Crippen molar-refractivity contribution < 1.29 is 9.53 Å². The van der Waals surface area contributed by atoms with Gasteiger partial charge in [-0.2, -0.15) is 5.10 Å². The molecule has 0 radical (unpaired) electrons. The van der Waals surface area contributed by atoms with Gasteiger partial charge in [-0.25, -0.2) is 9.67 Å². The van der Waals surface area contributed by atoms with E-state index in [1.54, 1.807) is 12.4 Å². The van der Waals surface area contributed by atoms with Crippen LogP contribution in [-0.4, -0.2) is 57.4 Å². The van der Waals surface area contributed by atoms with Crippen molar-refractivity contribution in [3.8, 4) is 11.4 Å². The molecule has 27 heavy (non-hydrogen) atoms. The molecule has 2 unspecified atom stereocenters. The molecule has 0 bridgehead atoms. The number of rotatable bonds is 5. The van der Waals surface area contributed by atoms with E-state index in [9.17, 15) is 4.79 Å². The van der Waals surface area contributed by atoms with Crippen molar-refractivity contribution in [2.45, 2.75) is 38.6 Å². The first-order chi connectivity index (χ1) is 13.1. The third-order valence-electron chi connectivity index (χ3n) is 5.94. The van der Waals surface area contributed by atoms with E-state index in [0.29, 0.717) is 18.2 Å². The Balaban J connectivity index is 1.64. The van der Waals surface area contributed by atoms with Crippen LogP contribution in [0.4, 0.5) is 0 Å². The Bertz CT molecular complexity index is 785. The summed E-state index contributed by atoms with van der Waals surface area (Å²) in [5.41, 5.74) is 0.957. The molecular formula is C20H27N5O2. The standard InChI is InChI=1S/C20H27N5O2/c1-14(15-6-11-27-12-7-15)25-18(13-17-5-10-24(2)20(17)26)22-19(23-25)16-3-8-21-9-4-16/h3-4,8-9,14-15,17H,5-7,10-13H2,1-2H3. The monoisotopic (exact) mass is 369 g/mol. The van der Waals surface area contributed by atoms with E-state index in [0.717, 1.165) is 50.4 Å². The Hall–Kier alpha value is -2.28. The Morgan fingerprint density at radius 2 is 1.96 bits per heavy atom. The van der Waals surface area contributed by atoms with E-state index in [4.69, 9.17) is 14.8 Å². The predicted molar refractivity (Wildman–Crippen MR) is 101 cm³/mol. The molecule has 0 aromatic carbocycles. The van der Waals surface area contributed by atoms with Crippen LogP contribution in [0.15, 0.2) is 24.5 Å². The van der Waals surface area contributed by atoms with Crippen molar-refractivity contribution in [1.29, 1.82) is 0 Å². The normalized spacial score (nSPS) is 22.4. The molecule has 2 aliphatic rings. The Kier molecular flexibility index (Phi) is 5.20. The van der Waals surface area contributed by atoms with Gasteiger partial charge < -0.3 is 9.64 Å². The van der Waals surface area contributed by atoms with Gasteiger partial charge in [-0.05, 0) is 44.2 Å². The largest absolute Gasteiger partial charge is 0.381 e. The lowest BCUT2D eigenvalue weighted by molar-refractivity contribution is -0.129. The zero-order chi connectivity index (χ0) is 18.8. The summed E-state index contributed by atoms with van der Waals surface area (Å²) >= 11 is 0. The molecule has 7 heteroatoms. The lowest BCUT2D eigenvalue weighted by Gasteiger charge is -2.28. The number of hydrogen-bond acceptors (Lipinski definition) is 5. The summed E-state index contributed by atoms with van der Waals surface area (Å²) in [7, 11) is 1.88. The average Bonchev–Trinajstić information content (AvgIpc) is 3.28. The summed E-state index contributed by atoms with van der Waals surface area (Å²) in [5, 5.41) is 4.85. The van der Waals surface area contributed by atoms with Gasteiger partial charge in [0, 0.05) is 57.1 Å². The Morgan fingerprint density at radius 1 is 1.22 bits per heavy atom. The molecule has 4 heterocycles. The number of nitrogens with zero attached hydrogens (tertiary/aromatic N) is 5. The van der Waals surface area contributed by atoms with Gasteiger partial charge in [0.1, 0.15) is 5.82 Å². The van der Waals surface area contributed by atoms with Crippen LogP contribution in [0.2, 0.25) is 0 Å². The first-order valence-electron chi connectivity index (χ1n) is 9.82. The molecule has 0 saturated carbocycles. The van der Waals surface area contributed by atoms with Gasteiger partial charge in [0.2, 0.25) is 5.91 Å². The van der Waals surface area contributed by atoms with Crippen LogP contribution in [0, 0.1) is 11.8 Å². The molecule has 4 rings (SSSR count). The predicted octanol–water partition coefficient (Wildman–Crippen LogP) is 2.35. The fourth-order valence-corrected chi connectivity index (χ4v) is 4.15. The van der Waals surface area contributed by atoms with Crippen molar-refractivity contribution in [2.24, 2.45) is 11.8 Å². The lowest BCUT2D eigenvalue weighted by atomic mass is 9.92. The Labute approximate surface area is 159 Å². The van der Waals surface area contributed by atoms with Gasteiger partial charge in [-0.1, -0.05) is 0 Å². The molecule has 2 saturated heterocycles. The van der Waals surface area contributed by atoms with Crippen LogP contribution in [0.5, 0.6) is 0 Å². The maximum atomic E-state index is 12.4. The van der Waals surface area contributed by atoms with Gasteiger partial charge in [-0.15, -0.1) is 0 Å². The minimum absolute atomic E-state index is 0.00475. The zero-order valence-corrected chi connectivity index (χ0v) is 16.0. The number of ether oxygens (including phenoxy) is 1. The van der Waals surface area contributed by atoms with E-state index in [-0.39, 0.29) is 17.9 Å². The van der Waals surface area contributed by atoms with Crippen molar-refractivity contribution >= 4 is 5.91 Å². The molecule has 2 aromatic rings. The highest BCUT2D eigenvalue weighted by Crippen LogP contribution is 2.30. The zero-order valence-electron chi connectivity index (χ0n) is 16.0. The van der Waals surface area contributed by atoms with Gasteiger partial charge in [0.25, 0.3) is 0 Å². The van der Waals surface area contributed by atoms with Crippen LogP contribution >= 0.6 is 0 Å². The molecule has 144 valence electrons. The number of hydrogen-bond donors (Lipinski definition) is 0. The second-order valence-electron chi connectivity index (χ2n) is 7.67. The van der Waals surface area contributed by atoms with Crippen molar-refractivity contribution in [3.05, 3.63) is 30.4 Å². The van der Waals surface area contributed by atoms with Crippen molar-refractivity contribution in [1.82, 2.24) is 24.6 Å². The second-order valence-corrected chi connectivity index (χ2v) is 7.67. The molecule has 1 amide bonds. The highest BCUT2D eigenvalue weighted by atomic mass is 16.5. The highest BCUT2D eigenvalue weighted by molar-refractivity contribution is 5.80. The SMILES string of the molecule is CC(C1CCOCC1)n1nc(-c2ccncc2)nc1CC1CCN(C)C1=O. The summed E-state index contributed by atoms with van der Waals surface area (Å²) in [6, 6.07) is 4.09. The summed E-state index contributed by atoms with van der Waals surface area (Å²) in [5.74, 6) is 2.37. The molecule has 0 spiro atoms. The lowest BCUT2D eigenvalue weighted by Crippen LogP contribution is -2.28. The first-order valence-corrected chi connectivity index (χ1v) is 9.82. The summed E-state index contributed by atoms with van der Waals surface area (Å²) < 4.78 is 7.59. The Morgan fingerprint density at radius 3 is 2.63 bits per heavy atom. The minimum Gasteiger partial charge on any atom is -0.381 e. The summed E-state index contributed by atoms with van der Waals surface area (Å²) in [4.78, 5) is 23.2. The molecule has 2 fully saturated rings. The minimum atomic E-state index is 0.00475. The van der Waals surface area contributed by atoms with E-state index < -0.39 is 0 Å². The molecule has 2 aliphatic heterocycles. The van der Waals surface area contributed by atoms with Crippen molar-refractivity contribution in [3.63, 3.8) is 0 Å². The van der Waals surface area contributed by atoms with E-state index in [1.165, 1.54) is 0 Å². The van der Waals surface area contributed by atoms with Crippen LogP contribution in [0.3, 0.4) is 0 Å². The number of aromatic nitrogens is 4. The number of pyridine rings is 1. The van der Waals surface area contributed by atoms with Crippen LogP contribution in [0.1, 0.15) is 38.1 Å². The fraction of sp³-hybridized carbons (Fsp3) is 0.600. The maximum Gasteiger partial charge on any atom is 0.225 e. The van der Waals surface area contributed by atoms with Gasteiger partial charge in [0.15, 0.2) is 5.82 Å². The number of carbonyl (C=O) groups excluding carboxylic acids is 1. The molecule has 0 N–H and O–H groups in total. The fourth-order valence-electron chi connectivity index (χ4n) is 4.15. The van der Waals surface area contributed by atoms with Gasteiger partial charge in [-0.3, -0.25) is 9.78 Å². The van der Waals surface area contributed by atoms with E-state index in [1.807, 2.05) is 24.1 Å². The van der Waals surface area contributed by atoms with Gasteiger partial charge >= 0.3 is 0 Å². The molecular weight excluding hydrogens is 342 g/mol. The molecule has 2 aromatic heterocycles. The number of carbonyl (C=O) groups is 1. The van der Waals surface area contributed by atoms with Gasteiger partial charge in [0.05, 0.1) is 6.04 Å². The smallest absolute Gasteiger partial charge is 0.225 e. The third-order valence-corrected chi connectivity index (χ3v) is 5.94. The topological polar surface area (TPSA) is 73.1 Å². The van der Waals surface area contributed by atoms with Crippen LogP contribution < -0.4 is 0 Å². The number of likely N-dealkylation sites (tertiary alicyclic amines) is 1. The molecule has 0 aliphatic carbocycles. The summed E-state index contributed by atoms with van der Waals surface area (Å²) in [6.07, 6.45) is 7.12. The summed E-state index contributed by atoms with van der Waals surface area (Å²) in [6.45, 7) is 4.65. The van der Waals surface area contributed by atoms with E-state index in [2.05, 4.69) is 16.6 Å². The quantitative estimate of drug-likeness (QED) is 0.809. The highest BCUT2D eigenvalue weighted by Gasteiger charge is 2.32. The second kappa shape index (κ2) is 7.76. The molecule has 7 nitrogen and oxygen atoms in total. The maximum absolute atomic E-state index is 12.4. The van der Waals surface area contributed by atoms with Crippen molar-refractivity contribution in [2.75, 3.05) is 26.8 Å². The number of amides is 1. The van der Waals surface area contributed by atoms with E-state index >= 15 is 0 Å². The van der Waals surface area contributed by atoms with Crippen LogP contribution in [-0.2, 0) is 16.0 Å². The molecule has 2 atom stereocenters. The first kappa shape index (κ1) is 18.1.